The number of hydrogen-bond donors (Lipinski definition) is 1. The largest absolute Gasteiger partial charge is 0.315 e. The molecule has 1 aliphatic heterocycles. The molecule has 1 fully saturated rings. The van der Waals surface area contributed by atoms with E-state index in [0.717, 1.165) is 32.4 Å². The van der Waals surface area contributed by atoms with E-state index >= 15 is 0 Å². The fourth-order valence-electron chi connectivity index (χ4n) is 1.99. The maximum Gasteiger partial charge on any atom is 0.282 e. The van der Waals surface area contributed by atoms with Gasteiger partial charge in [-0.15, -0.1) is 0 Å². The van der Waals surface area contributed by atoms with Gasteiger partial charge in [0.05, 0.1) is 0 Å². The molecule has 0 aliphatic carbocycles. The molecule has 0 radical (unpaired) electrons. The van der Waals surface area contributed by atoms with Crippen LogP contribution in [0.25, 0.3) is 0 Å². The van der Waals surface area contributed by atoms with Crippen molar-refractivity contribution in [3.8, 4) is 0 Å². The second-order valence-electron chi connectivity index (χ2n) is 4.36. The van der Waals surface area contributed by atoms with E-state index in [1.807, 2.05) is 6.92 Å². The third-order valence-electron chi connectivity index (χ3n) is 3.07. The maximum absolute atomic E-state index is 12.4. The van der Waals surface area contributed by atoms with Gasteiger partial charge >= 0.3 is 0 Å². The molecule has 1 saturated heterocycles. The van der Waals surface area contributed by atoms with Crippen LogP contribution >= 0.6 is 0 Å². The molecule has 1 rings (SSSR count). The van der Waals surface area contributed by atoms with Crippen LogP contribution in [0.5, 0.6) is 0 Å². The van der Waals surface area contributed by atoms with Gasteiger partial charge in [-0.2, -0.15) is 17.0 Å². The van der Waals surface area contributed by atoms with Gasteiger partial charge in [-0.05, 0) is 19.4 Å². The van der Waals surface area contributed by atoms with Crippen LogP contribution in [0, 0.1) is 0 Å². The fourth-order valence-corrected chi connectivity index (χ4v) is 3.68. The molecule has 0 saturated carbocycles. The van der Waals surface area contributed by atoms with Crippen LogP contribution < -0.4 is 5.32 Å². The first-order valence-corrected chi connectivity index (χ1v) is 7.98. The molecule has 0 bridgehead atoms. The summed E-state index contributed by atoms with van der Waals surface area (Å²) in [4.78, 5) is 0. The summed E-state index contributed by atoms with van der Waals surface area (Å²) in [6.45, 7) is 8.08. The maximum atomic E-state index is 12.4. The van der Waals surface area contributed by atoms with E-state index in [1.54, 1.807) is 8.61 Å². The monoisotopic (exact) mass is 263 g/mol. The van der Waals surface area contributed by atoms with Crippen LogP contribution in [-0.4, -0.2) is 56.3 Å². The second kappa shape index (κ2) is 7.31. The van der Waals surface area contributed by atoms with Gasteiger partial charge in [-0.25, -0.2) is 0 Å². The molecule has 0 aromatic heterocycles. The molecule has 6 heteroatoms. The first-order valence-electron chi connectivity index (χ1n) is 6.58. The summed E-state index contributed by atoms with van der Waals surface area (Å²) in [5.41, 5.74) is 0. The highest BCUT2D eigenvalue weighted by molar-refractivity contribution is 7.86. The fraction of sp³-hybridized carbons (Fsp3) is 1.00. The highest BCUT2D eigenvalue weighted by Gasteiger charge is 2.28. The Bertz CT molecular complexity index is 298. The highest BCUT2D eigenvalue weighted by atomic mass is 32.2. The Labute approximate surface area is 105 Å². The summed E-state index contributed by atoms with van der Waals surface area (Å²) in [7, 11) is -3.24. The van der Waals surface area contributed by atoms with Crippen molar-refractivity contribution in [3.05, 3.63) is 0 Å². The average molecular weight is 263 g/mol. The summed E-state index contributed by atoms with van der Waals surface area (Å²) in [5, 5.41) is 3.22. The minimum atomic E-state index is -3.24. The quantitative estimate of drug-likeness (QED) is 0.765. The van der Waals surface area contributed by atoms with E-state index in [9.17, 15) is 8.42 Å². The number of unbranched alkanes of at least 4 members (excludes halogenated alkanes) is 1. The average Bonchev–Trinajstić information content (AvgIpc) is 2.58. The molecule has 0 atom stereocenters. The van der Waals surface area contributed by atoms with Crippen molar-refractivity contribution in [1.82, 2.24) is 13.9 Å². The summed E-state index contributed by atoms with van der Waals surface area (Å²) in [5.74, 6) is 0. The zero-order valence-corrected chi connectivity index (χ0v) is 11.8. The first-order chi connectivity index (χ1) is 8.12. The van der Waals surface area contributed by atoms with Gasteiger partial charge in [0.25, 0.3) is 10.2 Å². The highest BCUT2D eigenvalue weighted by Crippen LogP contribution is 2.11. The van der Waals surface area contributed by atoms with E-state index < -0.39 is 10.2 Å². The summed E-state index contributed by atoms with van der Waals surface area (Å²) in [6, 6.07) is 0. The van der Waals surface area contributed by atoms with Gasteiger partial charge in [0, 0.05) is 32.7 Å². The van der Waals surface area contributed by atoms with Gasteiger partial charge in [0.15, 0.2) is 0 Å². The predicted molar refractivity (Wildman–Crippen MR) is 70.1 cm³/mol. The molecule has 0 aromatic rings. The zero-order valence-electron chi connectivity index (χ0n) is 11.0. The molecule has 17 heavy (non-hydrogen) atoms. The van der Waals surface area contributed by atoms with Crippen LogP contribution in [-0.2, 0) is 10.2 Å². The van der Waals surface area contributed by atoms with Gasteiger partial charge < -0.3 is 5.32 Å². The Kier molecular flexibility index (Phi) is 6.40. The number of rotatable bonds is 6. The van der Waals surface area contributed by atoms with Gasteiger partial charge in [0.2, 0.25) is 0 Å². The van der Waals surface area contributed by atoms with Gasteiger partial charge in [0.1, 0.15) is 0 Å². The number of nitrogens with one attached hydrogen (secondary N) is 1. The summed E-state index contributed by atoms with van der Waals surface area (Å²) in [6.07, 6.45) is 2.84. The zero-order chi connectivity index (χ0) is 12.7. The topological polar surface area (TPSA) is 52.7 Å². The van der Waals surface area contributed by atoms with Crippen molar-refractivity contribution in [1.29, 1.82) is 0 Å². The van der Waals surface area contributed by atoms with Crippen molar-refractivity contribution in [3.63, 3.8) is 0 Å². The van der Waals surface area contributed by atoms with Crippen molar-refractivity contribution in [2.45, 2.75) is 33.1 Å². The van der Waals surface area contributed by atoms with Crippen molar-refractivity contribution < 1.29 is 8.42 Å². The second-order valence-corrected chi connectivity index (χ2v) is 6.28. The lowest BCUT2D eigenvalue weighted by Crippen LogP contribution is -2.45. The minimum absolute atomic E-state index is 0.562. The molecule has 0 aromatic carbocycles. The molecular weight excluding hydrogens is 238 g/mol. The lowest BCUT2D eigenvalue weighted by atomic mass is 10.3. The van der Waals surface area contributed by atoms with Crippen molar-refractivity contribution >= 4 is 10.2 Å². The van der Waals surface area contributed by atoms with E-state index in [1.165, 1.54) is 0 Å². The van der Waals surface area contributed by atoms with Crippen LogP contribution in [0.3, 0.4) is 0 Å². The molecule has 1 heterocycles. The summed E-state index contributed by atoms with van der Waals surface area (Å²) >= 11 is 0. The standard InChI is InChI=1S/C11H25N3O2S/c1-3-5-9-13(4-2)17(15,16)14-10-6-7-12-8-11-14/h12H,3-11H2,1-2H3. The Morgan fingerprint density at radius 3 is 2.65 bits per heavy atom. The predicted octanol–water partition coefficient (Wildman–Crippen LogP) is 0.649. The van der Waals surface area contributed by atoms with Crippen molar-refractivity contribution in [2.75, 3.05) is 39.3 Å². The summed E-state index contributed by atoms with van der Waals surface area (Å²) < 4.78 is 28.0. The number of nitrogens with zero attached hydrogens (tertiary/aromatic N) is 2. The molecule has 1 aliphatic rings. The molecule has 0 unspecified atom stereocenters. The molecule has 0 amide bonds. The van der Waals surface area contributed by atoms with E-state index in [0.29, 0.717) is 26.2 Å². The van der Waals surface area contributed by atoms with E-state index in [-0.39, 0.29) is 0 Å². The smallest absolute Gasteiger partial charge is 0.282 e. The van der Waals surface area contributed by atoms with E-state index in [4.69, 9.17) is 0 Å². The lowest BCUT2D eigenvalue weighted by Gasteiger charge is -2.28. The molecular formula is C11H25N3O2S. The lowest BCUT2D eigenvalue weighted by molar-refractivity contribution is 0.347. The Morgan fingerprint density at radius 1 is 1.24 bits per heavy atom. The Balaban J connectivity index is 2.68. The Hall–Kier alpha value is -0.170. The van der Waals surface area contributed by atoms with Crippen molar-refractivity contribution in [2.24, 2.45) is 0 Å². The van der Waals surface area contributed by atoms with E-state index in [2.05, 4.69) is 12.2 Å². The van der Waals surface area contributed by atoms with Gasteiger partial charge in [-0.3, -0.25) is 0 Å². The SMILES string of the molecule is CCCCN(CC)S(=O)(=O)N1CCCNCC1. The third-order valence-corrected chi connectivity index (χ3v) is 5.18. The number of hydrogen-bond acceptors (Lipinski definition) is 3. The van der Waals surface area contributed by atoms with Crippen LogP contribution in [0.1, 0.15) is 33.1 Å². The minimum Gasteiger partial charge on any atom is -0.315 e. The first kappa shape index (κ1) is 14.9. The molecule has 1 N–H and O–H groups in total. The normalized spacial score (nSPS) is 19.5. The van der Waals surface area contributed by atoms with Gasteiger partial charge in [-0.1, -0.05) is 20.3 Å². The molecule has 5 nitrogen and oxygen atoms in total. The van der Waals surface area contributed by atoms with Crippen LogP contribution in [0.4, 0.5) is 0 Å². The Morgan fingerprint density at radius 2 is 2.00 bits per heavy atom. The molecule has 0 spiro atoms. The third kappa shape index (κ3) is 4.21. The molecule has 102 valence electrons. The van der Waals surface area contributed by atoms with Crippen LogP contribution in [0.15, 0.2) is 0 Å². The van der Waals surface area contributed by atoms with Crippen LogP contribution in [0.2, 0.25) is 0 Å².